The Balaban J connectivity index is -0.000000169. The molecule has 0 atom stereocenters. The third kappa shape index (κ3) is 32.9. The van der Waals surface area contributed by atoms with Gasteiger partial charge >= 0.3 is 19.5 Å². The standard InChI is InChI=1S/C5H11OSSi.C3H5.Co.O/c1-3-5(6)7-4-8-2;1-3-2;;/h1,3-4,8H2,2H3;1H2,2H3;;/q2*-1;;. The summed E-state index contributed by atoms with van der Waals surface area (Å²) in [6.45, 7) is 10.7. The summed E-state index contributed by atoms with van der Waals surface area (Å²) >= 11 is 3.75. The van der Waals surface area contributed by atoms with Gasteiger partial charge in [-0.15, -0.1) is 6.42 Å². The zero-order chi connectivity index (χ0) is 11.1. The van der Waals surface area contributed by atoms with Gasteiger partial charge < -0.3 is 13.0 Å². The first-order valence-corrected chi connectivity index (χ1v) is 7.57. The number of carbonyl (C=O) groups is 1. The molecule has 0 aromatic carbocycles. The van der Waals surface area contributed by atoms with Gasteiger partial charge in [-0.05, 0) is 5.38 Å². The molecular weight excluding hydrogens is 247 g/mol. The molecule has 0 fully saturated rings. The number of allylic oxidation sites excluding steroid dienone is 1. The van der Waals surface area contributed by atoms with E-state index in [0.717, 1.165) is 5.38 Å². The van der Waals surface area contributed by atoms with Crippen LogP contribution in [0.1, 0.15) is 13.3 Å². The fourth-order valence-corrected chi connectivity index (χ4v) is 2.16. The van der Waals surface area contributed by atoms with Gasteiger partial charge in [0.1, 0.15) is 0 Å². The summed E-state index contributed by atoms with van der Waals surface area (Å²) in [6, 6.07) is 0. The van der Waals surface area contributed by atoms with Crippen LogP contribution >= 0.6 is 11.8 Å². The van der Waals surface area contributed by atoms with E-state index in [2.05, 4.69) is 41.8 Å². The molecule has 81 valence electrons. The van der Waals surface area contributed by atoms with Gasteiger partial charge in [-0.2, -0.15) is 6.92 Å². The summed E-state index contributed by atoms with van der Waals surface area (Å²) in [5.41, 5.74) is 0. The number of hydrogen-bond donors (Lipinski definition) is 0. The molecule has 0 radical (unpaired) electrons. The predicted octanol–water partition coefficient (Wildman–Crippen LogP) is 1.52. The molecule has 5 heteroatoms. The van der Waals surface area contributed by atoms with Gasteiger partial charge in [0, 0.05) is 9.52 Å². The molecule has 0 saturated heterocycles. The van der Waals surface area contributed by atoms with Gasteiger partial charge in [-0.3, -0.25) is 11.4 Å². The van der Waals surface area contributed by atoms with E-state index in [9.17, 15) is 4.79 Å². The normalized spacial score (nSPS) is 8.00. The molecule has 0 aromatic heterocycles. The van der Waals surface area contributed by atoms with Crippen LogP contribution in [0, 0.1) is 13.0 Å². The van der Waals surface area contributed by atoms with Crippen molar-refractivity contribution in [1.29, 1.82) is 0 Å². The van der Waals surface area contributed by atoms with Crippen molar-refractivity contribution in [2.75, 3.05) is 5.38 Å². The van der Waals surface area contributed by atoms with Crippen molar-refractivity contribution in [3.8, 4) is 0 Å². The first-order chi connectivity index (χ1) is 6.22. The summed E-state index contributed by atoms with van der Waals surface area (Å²) in [7, 11) is 0.0762. The number of thioether (sulfide) groups is 1. The molecular formula is C8H16CoO2SSi-2. The summed E-state index contributed by atoms with van der Waals surface area (Å²) in [5.74, 6) is 0. The summed E-state index contributed by atoms with van der Waals surface area (Å²) < 4.78 is 7.94. The Kier molecular flexibility index (Phi) is 33.2. The van der Waals surface area contributed by atoms with Gasteiger partial charge in [0.25, 0.3) is 0 Å². The molecule has 0 rings (SSSR count). The second kappa shape index (κ2) is 22.8. The molecule has 0 unspecified atom stereocenters. The van der Waals surface area contributed by atoms with E-state index in [1.807, 2.05) is 0 Å². The summed E-state index contributed by atoms with van der Waals surface area (Å²) in [4.78, 5) is 10.5. The van der Waals surface area contributed by atoms with Gasteiger partial charge in [0.05, 0.1) is 0 Å². The van der Waals surface area contributed by atoms with Crippen LogP contribution in [0.2, 0.25) is 6.55 Å². The van der Waals surface area contributed by atoms with Crippen LogP contribution < -0.4 is 0 Å². The van der Waals surface area contributed by atoms with Crippen LogP contribution in [-0.2, 0) is 24.3 Å². The Morgan fingerprint density at radius 1 is 1.69 bits per heavy atom. The fraction of sp³-hybridized carbons (Fsp3) is 0.500. The third-order valence-electron chi connectivity index (χ3n) is 0.671. The van der Waals surface area contributed by atoms with E-state index in [4.69, 9.17) is 3.87 Å². The molecule has 0 spiro atoms. The summed E-state index contributed by atoms with van der Waals surface area (Å²) in [5, 5.41) is 1.31. The molecule has 0 aliphatic heterocycles. The van der Waals surface area contributed by atoms with E-state index in [1.165, 1.54) is 11.8 Å². The van der Waals surface area contributed by atoms with Crippen LogP contribution in [-0.4, -0.2) is 20.0 Å². The number of carbonyl (C=O) groups excluding carboxylic acids is 1. The molecule has 2 nitrogen and oxygen atoms in total. The SMILES string of the molecule is C=[C-]C.[CH2-]CC(=O)SC[SiH2]C.[O]=[Co]. The van der Waals surface area contributed by atoms with Crippen molar-refractivity contribution in [3.63, 3.8) is 0 Å². The third-order valence-corrected chi connectivity index (χ3v) is 3.65. The van der Waals surface area contributed by atoms with Gasteiger partial charge in [-0.25, -0.2) is 0 Å². The van der Waals surface area contributed by atoms with Crippen LogP contribution in [0.5, 0.6) is 0 Å². The van der Waals surface area contributed by atoms with E-state index in [1.54, 1.807) is 6.92 Å². The molecule has 0 aliphatic rings. The average Bonchev–Trinajstić information content (AvgIpc) is 2.18. The van der Waals surface area contributed by atoms with Crippen molar-refractivity contribution in [1.82, 2.24) is 0 Å². The van der Waals surface area contributed by atoms with Crippen molar-refractivity contribution in [2.45, 2.75) is 19.9 Å². The van der Waals surface area contributed by atoms with E-state index in [-0.39, 0.29) is 14.6 Å². The zero-order valence-corrected chi connectivity index (χ0v) is 11.4. The second-order valence-corrected chi connectivity index (χ2v) is 5.20. The van der Waals surface area contributed by atoms with E-state index in [0.29, 0.717) is 6.42 Å². The van der Waals surface area contributed by atoms with Crippen LogP contribution in [0.25, 0.3) is 0 Å². The van der Waals surface area contributed by atoms with Crippen molar-refractivity contribution >= 4 is 26.4 Å². The minimum absolute atomic E-state index is 0.0762. The van der Waals surface area contributed by atoms with Crippen LogP contribution in [0.3, 0.4) is 0 Å². The number of hydrogen-bond acceptors (Lipinski definition) is 3. The molecule has 0 N–H and O–H groups in total. The van der Waals surface area contributed by atoms with E-state index < -0.39 is 0 Å². The molecule has 0 aliphatic carbocycles. The molecule has 0 bridgehead atoms. The minimum atomic E-state index is 0.0762. The Morgan fingerprint density at radius 3 is 2.31 bits per heavy atom. The van der Waals surface area contributed by atoms with E-state index >= 15 is 0 Å². The molecule has 0 heterocycles. The molecule has 0 aromatic rings. The fourth-order valence-electron chi connectivity index (χ4n) is 0.288. The first kappa shape index (κ1) is 19.0. The Labute approximate surface area is 95.5 Å². The van der Waals surface area contributed by atoms with Crippen molar-refractivity contribution in [2.24, 2.45) is 0 Å². The maximum atomic E-state index is 10.5. The van der Waals surface area contributed by atoms with Crippen LogP contribution in [0.4, 0.5) is 0 Å². The first-order valence-electron chi connectivity index (χ1n) is 3.75. The van der Waals surface area contributed by atoms with Gasteiger partial charge in [-0.1, -0.05) is 18.3 Å². The summed E-state index contributed by atoms with van der Waals surface area (Å²) in [6.07, 6.45) is 2.94. The zero-order valence-electron chi connectivity index (χ0n) is 8.09. The second-order valence-electron chi connectivity index (χ2n) is 1.82. The Bertz CT molecular complexity index is 123. The van der Waals surface area contributed by atoms with Crippen molar-refractivity contribution in [3.05, 3.63) is 19.6 Å². The van der Waals surface area contributed by atoms with Crippen molar-refractivity contribution < 1.29 is 24.3 Å². The molecule has 13 heavy (non-hydrogen) atoms. The predicted molar refractivity (Wildman–Crippen MR) is 57.1 cm³/mol. The van der Waals surface area contributed by atoms with Gasteiger partial charge in [0.15, 0.2) is 5.12 Å². The average molecular weight is 263 g/mol. The number of rotatable bonds is 3. The molecule has 0 saturated carbocycles. The topological polar surface area (TPSA) is 34.1 Å². The maximum absolute atomic E-state index is 10.5. The Morgan fingerprint density at radius 2 is 2.08 bits per heavy atom. The van der Waals surface area contributed by atoms with Gasteiger partial charge in [0.2, 0.25) is 0 Å². The molecule has 0 amide bonds. The Hall–Kier alpha value is 0.283. The quantitative estimate of drug-likeness (QED) is 0.572. The monoisotopic (exact) mass is 263 g/mol. The van der Waals surface area contributed by atoms with Crippen LogP contribution in [0.15, 0.2) is 6.58 Å².